The van der Waals surface area contributed by atoms with Gasteiger partial charge in [0, 0.05) is 19.3 Å². The van der Waals surface area contributed by atoms with E-state index in [9.17, 15) is 14.4 Å². The molecule has 0 saturated carbocycles. The zero-order valence-electron chi connectivity index (χ0n) is 30.6. The van der Waals surface area contributed by atoms with E-state index in [0.717, 1.165) is 38.5 Å². The summed E-state index contributed by atoms with van der Waals surface area (Å²) in [6.45, 7) is 3.89. The van der Waals surface area contributed by atoms with Crippen molar-refractivity contribution in [1.82, 2.24) is 0 Å². The van der Waals surface area contributed by atoms with Crippen LogP contribution in [-0.4, -0.2) is 147 Å². The van der Waals surface area contributed by atoms with Gasteiger partial charge in [-0.15, -0.1) is 0 Å². The molecule has 0 radical (unpaired) electrons. The number of aliphatic carboxylic acids is 3. The third-order valence-corrected chi connectivity index (χ3v) is 6.81. The van der Waals surface area contributed by atoms with Crippen LogP contribution in [-0.2, 0) is 14.4 Å². The molecule has 50 heavy (non-hydrogen) atoms. The molecule has 0 bridgehead atoms. The number of carboxylic acid groups (broad SMARTS) is 3. The van der Waals surface area contributed by atoms with Gasteiger partial charge in [-0.2, -0.15) is 0 Å². The molecule has 6 atom stereocenters. The minimum Gasteiger partial charge on any atom is -0.481 e. The molecule has 0 fully saturated rings. The Kier molecular flexibility index (Phi) is 51.7. The highest BCUT2D eigenvalue weighted by Crippen LogP contribution is 2.06. The molecule has 0 spiro atoms. The lowest BCUT2D eigenvalue weighted by Crippen LogP contribution is -2.41. The highest BCUT2D eigenvalue weighted by molar-refractivity contribution is 5.67. The SMILES string of the molecule is CCCCCCCC(=O)O.CCCCCCCC(=O)O.CCCCCCCC(=O)O.OC[C@@H](O)C(O)[C@@H](O)CO.OC[C@@H](O)C(O)[C@@H](O)CO. The van der Waals surface area contributed by atoms with E-state index in [1.165, 1.54) is 57.8 Å². The number of aliphatic hydroxyl groups is 10. The second-order valence-corrected chi connectivity index (χ2v) is 11.7. The second kappa shape index (κ2) is 45.0. The third-order valence-electron chi connectivity index (χ3n) is 6.81. The van der Waals surface area contributed by atoms with Gasteiger partial charge in [0.05, 0.1) is 26.4 Å². The minimum atomic E-state index is -1.49. The maximum Gasteiger partial charge on any atom is 0.303 e. The van der Waals surface area contributed by atoms with Crippen LogP contribution >= 0.6 is 0 Å². The fourth-order valence-electron chi connectivity index (χ4n) is 3.58. The van der Waals surface area contributed by atoms with Crippen molar-refractivity contribution in [2.45, 2.75) is 173 Å². The molecule has 0 amide bonds. The standard InChI is InChI=1S/3C8H16O2.2C5H12O5/c3*1-2-3-4-5-6-7-8(9)10;2*6-1-3(8)5(10)4(9)2-7/h3*2-7H2,1H3,(H,9,10);2*3-10H,1-2H2/t;;;2*3-,4+,5?. The normalized spacial score (nSPS) is 13.9. The first kappa shape index (κ1) is 57.4. The van der Waals surface area contributed by atoms with Crippen LogP contribution in [0.15, 0.2) is 0 Å². The van der Waals surface area contributed by atoms with E-state index in [-0.39, 0.29) is 0 Å². The van der Waals surface area contributed by atoms with E-state index in [1.807, 2.05) is 0 Å². The average Bonchev–Trinajstić information content (AvgIpc) is 3.10. The van der Waals surface area contributed by atoms with Crippen LogP contribution in [0.25, 0.3) is 0 Å². The Morgan fingerprint density at radius 2 is 0.540 bits per heavy atom. The molecule has 0 aromatic carbocycles. The molecule has 0 aromatic rings. The molecule has 13 N–H and O–H groups in total. The molecular formula is C34H72O16. The van der Waals surface area contributed by atoms with Crippen LogP contribution in [0.5, 0.6) is 0 Å². The van der Waals surface area contributed by atoms with Crippen molar-refractivity contribution in [2.24, 2.45) is 0 Å². The molecule has 0 saturated heterocycles. The lowest BCUT2D eigenvalue weighted by Gasteiger charge is -2.19. The predicted molar refractivity (Wildman–Crippen MR) is 187 cm³/mol. The van der Waals surface area contributed by atoms with Crippen molar-refractivity contribution in [2.75, 3.05) is 26.4 Å². The quantitative estimate of drug-likeness (QED) is 0.0558. The molecule has 16 nitrogen and oxygen atoms in total. The van der Waals surface area contributed by atoms with Crippen LogP contribution in [0.1, 0.15) is 136 Å². The highest BCUT2D eigenvalue weighted by atomic mass is 16.4. The van der Waals surface area contributed by atoms with Gasteiger partial charge in [0.25, 0.3) is 0 Å². The van der Waals surface area contributed by atoms with Gasteiger partial charge >= 0.3 is 17.9 Å². The van der Waals surface area contributed by atoms with Crippen LogP contribution in [0.3, 0.4) is 0 Å². The number of carbonyl (C=O) groups is 3. The van der Waals surface area contributed by atoms with Crippen molar-refractivity contribution >= 4 is 17.9 Å². The van der Waals surface area contributed by atoms with E-state index < -0.39 is 81.0 Å². The van der Waals surface area contributed by atoms with E-state index >= 15 is 0 Å². The van der Waals surface area contributed by atoms with Gasteiger partial charge in [-0.3, -0.25) is 14.4 Å². The maximum absolute atomic E-state index is 10.0. The summed E-state index contributed by atoms with van der Waals surface area (Å²) in [5, 5.41) is 110. The Morgan fingerprint density at radius 1 is 0.360 bits per heavy atom. The molecule has 2 unspecified atom stereocenters. The Hall–Kier alpha value is -1.99. The fraction of sp³-hybridized carbons (Fsp3) is 0.912. The zero-order chi connectivity index (χ0) is 39.8. The molecule has 0 aromatic heterocycles. The van der Waals surface area contributed by atoms with E-state index in [2.05, 4.69) is 20.8 Å². The molecule has 304 valence electrons. The van der Waals surface area contributed by atoms with Crippen molar-refractivity contribution in [3.8, 4) is 0 Å². The van der Waals surface area contributed by atoms with Gasteiger partial charge in [0.15, 0.2) is 0 Å². The van der Waals surface area contributed by atoms with Gasteiger partial charge in [0.1, 0.15) is 36.6 Å². The van der Waals surface area contributed by atoms with Gasteiger partial charge in [0.2, 0.25) is 0 Å². The molecule has 0 heterocycles. The summed E-state index contributed by atoms with van der Waals surface area (Å²) < 4.78 is 0. The maximum atomic E-state index is 10.0. The predicted octanol–water partition coefficient (Wildman–Crippen LogP) is 1.40. The molecule has 16 heteroatoms. The first-order valence-corrected chi connectivity index (χ1v) is 17.7. The zero-order valence-corrected chi connectivity index (χ0v) is 30.6. The molecule has 0 aliphatic carbocycles. The lowest BCUT2D eigenvalue weighted by atomic mass is 10.1. The van der Waals surface area contributed by atoms with Gasteiger partial charge < -0.3 is 66.4 Å². The second-order valence-electron chi connectivity index (χ2n) is 11.7. The number of carboxylic acids is 3. The first-order chi connectivity index (χ1) is 23.6. The summed E-state index contributed by atoms with van der Waals surface area (Å²) >= 11 is 0. The van der Waals surface area contributed by atoms with Crippen molar-refractivity contribution in [3.63, 3.8) is 0 Å². The summed E-state index contributed by atoms with van der Waals surface area (Å²) in [5.74, 6) is -2.01. The summed E-state index contributed by atoms with van der Waals surface area (Å²) in [4.78, 5) is 30.1. The largest absolute Gasteiger partial charge is 0.481 e. The molecule has 0 aliphatic rings. The highest BCUT2D eigenvalue weighted by Gasteiger charge is 2.23. The third kappa shape index (κ3) is 50.4. The number of unbranched alkanes of at least 4 members (excludes halogenated alkanes) is 12. The summed E-state index contributed by atoms with van der Waals surface area (Å²) in [5.41, 5.74) is 0. The van der Waals surface area contributed by atoms with E-state index in [1.54, 1.807) is 0 Å². The Balaban J connectivity index is -0.000000169. The summed E-state index contributed by atoms with van der Waals surface area (Å²) in [7, 11) is 0. The van der Waals surface area contributed by atoms with Gasteiger partial charge in [-0.05, 0) is 19.3 Å². The van der Waals surface area contributed by atoms with E-state index in [4.69, 9.17) is 66.4 Å². The Labute approximate surface area is 298 Å². The summed E-state index contributed by atoms with van der Waals surface area (Å²) in [6.07, 6.45) is 9.07. The van der Waals surface area contributed by atoms with Crippen LogP contribution in [0.4, 0.5) is 0 Å². The van der Waals surface area contributed by atoms with Crippen molar-refractivity contribution in [1.29, 1.82) is 0 Å². The smallest absolute Gasteiger partial charge is 0.303 e. The van der Waals surface area contributed by atoms with Crippen LogP contribution in [0.2, 0.25) is 0 Å². The fourth-order valence-corrected chi connectivity index (χ4v) is 3.58. The number of aliphatic hydroxyl groups excluding tert-OH is 10. The molecule has 0 rings (SSSR count). The Morgan fingerprint density at radius 3 is 0.680 bits per heavy atom. The van der Waals surface area contributed by atoms with Gasteiger partial charge in [-0.25, -0.2) is 0 Å². The van der Waals surface area contributed by atoms with Crippen LogP contribution in [0, 0.1) is 0 Å². The monoisotopic (exact) mass is 736 g/mol. The Bertz CT molecular complexity index is 614. The number of rotatable bonds is 26. The van der Waals surface area contributed by atoms with Crippen LogP contribution < -0.4 is 0 Å². The topological polar surface area (TPSA) is 314 Å². The van der Waals surface area contributed by atoms with E-state index in [0.29, 0.717) is 19.3 Å². The summed E-state index contributed by atoms with van der Waals surface area (Å²) in [6, 6.07) is 0. The molecule has 0 aliphatic heterocycles. The van der Waals surface area contributed by atoms with Gasteiger partial charge in [-0.1, -0.05) is 97.8 Å². The first-order valence-electron chi connectivity index (χ1n) is 17.7. The minimum absolute atomic E-state index is 0.337. The van der Waals surface area contributed by atoms with Crippen molar-refractivity contribution in [3.05, 3.63) is 0 Å². The number of hydrogen-bond acceptors (Lipinski definition) is 13. The average molecular weight is 737 g/mol. The lowest BCUT2D eigenvalue weighted by molar-refractivity contribution is -0.138. The van der Waals surface area contributed by atoms with Crippen molar-refractivity contribution < 1.29 is 80.8 Å². The molecular weight excluding hydrogens is 664 g/mol. The number of hydrogen-bond donors (Lipinski definition) is 13.